The van der Waals surface area contributed by atoms with Crippen molar-refractivity contribution in [3.05, 3.63) is 21.6 Å². The van der Waals surface area contributed by atoms with Crippen LogP contribution in [-0.2, 0) is 0 Å². The van der Waals surface area contributed by atoms with Crippen LogP contribution in [0.4, 0.5) is 10.7 Å². The maximum absolute atomic E-state index is 10.6. The summed E-state index contributed by atoms with van der Waals surface area (Å²) in [6.07, 6.45) is 1.10. The largest absolute Gasteiger partial charge is 0.393 e. The van der Waals surface area contributed by atoms with Crippen molar-refractivity contribution in [1.29, 1.82) is 0 Å². The molecule has 1 aliphatic carbocycles. The summed E-state index contributed by atoms with van der Waals surface area (Å²) in [6.45, 7) is 0. The predicted molar refractivity (Wildman–Crippen MR) is 53.6 cm³/mol. The second-order valence-corrected chi connectivity index (χ2v) is 4.26. The lowest BCUT2D eigenvalue weighted by atomic mass is 9.89. The number of nitrogens with zero attached hydrogens (tertiary/aromatic N) is 1. The third kappa shape index (κ3) is 1.71. The summed E-state index contributed by atoms with van der Waals surface area (Å²) < 4.78 is 0. The van der Waals surface area contributed by atoms with Crippen molar-refractivity contribution in [2.45, 2.75) is 25.0 Å². The molecular weight excluding hydrogens is 204 g/mol. The molecule has 0 bridgehead atoms. The van der Waals surface area contributed by atoms with Gasteiger partial charge in [0.1, 0.15) is 5.69 Å². The molecule has 1 aromatic rings. The molecule has 0 atom stereocenters. The van der Waals surface area contributed by atoms with Crippen LogP contribution in [0, 0.1) is 10.1 Å². The maximum Gasteiger partial charge on any atom is 0.347 e. The minimum absolute atomic E-state index is 0.145. The van der Waals surface area contributed by atoms with Crippen LogP contribution in [-0.4, -0.2) is 22.2 Å². The van der Waals surface area contributed by atoms with Gasteiger partial charge in [-0.1, -0.05) is 11.3 Å². The Kier molecular flexibility index (Phi) is 2.39. The van der Waals surface area contributed by atoms with Gasteiger partial charge in [-0.05, 0) is 24.3 Å². The van der Waals surface area contributed by atoms with Gasteiger partial charge in [0.2, 0.25) is 0 Å². The Labute approximate surface area is 84.5 Å². The van der Waals surface area contributed by atoms with E-state index >= 15 is 0 Å². The highest BCUT2D eigenvalue weighted by atomic mass is 32.1. The quantitative estimate of drug-likeness (QED) is 0.591. The normalized spacial score (nSPS) is 25.5. The van der Waals surface area contributed by atoms with Crippen LogP contribution >= 0.6 is 11.3 Å². The Balaban J connectivity index is 2.02. The number of aliphatic hydroxyl groups excluding tert-OH is 1. The molecule has 0 radical (unpaired) electrons. The molecular formula is C8H10N2O3S. The summed E-state index contributed by atoms with van der Waals surface area (Å²) in [4.78, 5) is 10.2. The van der Waals surface area contributed by atoms with Crippen molar-refractivity contribution in [1.82, 2.24) is 0 Å². The number of anilines is 1. The third-order valence-electron chi connectivity index (χ3n) is 2.28. The van der Waals surface area contributed by atoms with E-state index in [4.69, 9.17) is 5.11 Å². The molecule has 0 aliphatic heterocycles. The van der Waals surface area contributed by atoms with Crippen LogP contribution in [0.5, 0.6) is 0 Å². The standard InChI is InChI=1S/C8H10N2O3S/c11-6-3-5(4-6)9-7-1-2-14-8(7)10(12)13/h1-2,5-6,9,11H,3-4H2. The zero-order valence-corrected chi connectivity index (χ0v) is 8.16. The lowest BCUT2D eigenvalue weighted by Gasteiger charge is -2.32. The molecule has 0 amide bonds. The van der Waals surface area contributed by atoms with E-state index in [1.165, 1.54) is 0 Å². The first-order valence-electron chi connectivity index (χ1n) is 4.33. The van der Waals surface area contributed by atoms with Crippen molar-refractivity contribution < 1.29 is 10.0 Å². The van der Waals surface area contributed by atoms with Crippen molar-refractivity contribution >= 4 is 22.0 Å². The summed E-state index contributed by atoms with van der Waals surface area (Å²) in [5.74, 6) is 0. The highest BCUT2D eigenvalue weighted by Crippen LogP contribution is 2.33. The van der Waals surface area contributed by atoms with Gasteiger partial charge in [0.25, 0.3) is 0 Å². The number of hydrogen-bond donors (Lipinski definition) is 2. The van der Waals surface area contributed by atoms with Crippen LogP contribution in [0.3, 0.4) is 0 Å². The van der Waals surface area contributed by atoms with E-state index in [-0.39, 0.29) is 22.1 Å². The van der Waals surface area contributed by atoms with Crippen molar-refractivity contribution in [2.75, 3.05) is 5.32 Å². The van der Waals surface area contributed by atoms with Crippen molar-refractivity contribution in [3.8, 4) is 0 Å². The molecule has 0 saturated heterocycles. The Morgan fingerprint density at radius 1 is 1.64 bits per heavy atom. The molecule has 2 N–H and O–H groups in total. The molecule has 2 rings (SSSR count). The number of nitro groups is 1. The van der Waals surface area contributed by atoms with Crippen LogP contribution in [0.25, 0.3) is 0 Å². The molecule has 0 unspecified atom stereocenters. The zero-order chi connectivity index (χ0) is 10.1. The fraction of sp³-hybridized carbons (Fsp3) is 0.500. The molecule has 5 nitrogen and oxygen atoms in total. The highest BCUT2D eigenvalue weighted by molar-refractivity contribution is 7.14. The summed E-state index contributed by atoms with van der Waals surface area (Å²) in [5, 5.41) is 24.5. The zero-order valence-electron chi connectivity index (χ0n) is 7.34. The molecule has 76 valence electrons. The Morgan fingerprint density at radius 2 is 2.36 bits per heavy atom. The van der Waals surface area contributed by atoms with Gasteiger partial charge in [-0.25, -0.2) is 0 Å². The monoisotopic (exact) mass is 214 g/mol. The van der Waals surface area contributed by atoms with Gasteiger partial charge in [0.15, 0.2) is 0 Å². The third-order valence-corrected chi connectivity index (χ3v) is 3.15. The molecule has 1 aromatic heterocycles. The SMILES string of the molecule is O=[N+]([O-])c1sccc1NC1CC(O)C1. The second-order valence-electron chi connectivity index (χ2n) is 3.36. The van der Waals surface area contributed by atoms with Gasteiger partial charge < -0.3 is 10.4 Å². The highest BCUT2D eigenvalue weighted by Gasteiger charge is 2.29. The molecule has 1 saturated carbocycles. The number of nitrogens with one attached hydrogen (secondary N) is 1. The summed E-state index contributed by atoms with van der Waals surface area (Å²) in [7, 11) is 0. The Hall–Kier alpha value is -1.14. The van der Waals surface area contributed by atoms with E-state index in [9.17, 15) is 10.1 Å². The molecule has 0 spiro atoms. The van der Waals surface area contributed by atoms with Gasteiger partial charge >= 0.3 is 5.00 Å². The van der Waals surface area contributed by atoms with Crippen molar-refractivity contribution in [2.24, 2.45) is 0 Å². The van der Waals surface area contributed by atoms with Crippen LogP contribution in [0.15, 0.2) is 11.4 Å². The van der Waals surface area contributed by atoms with Gasteiger partial charge in [-0.2, -0.15) is 0 Å². The lowest BCUT2D eigenvalue weighted by molar-refractivity contribution is -0.379. The first-order valence-corrected chi connectivity index (χ1v) is 5.21. The van der Waals surface area contributed by atoms with E-state index in [2.05, 4.69) is 5.32 Å². The maximum atomic E-state index is 10.6. The van der Waals surface area contributed by atoms with Gasteiger partial charge in [0.05, 0.1) is 11.0 Å². The Morgan fingerprint density at radius 3 is 2.93 bits per heavy atom. The second kappa shape index (κ2) is 3.55. The smallest absolute Gasteiger partial charge is 0.347 e. The molecule has 1 fully saturated rings. The fourth-order valence-corrected chi connectivity index (χ4v) is 2.15. The molecule has 1 aliphatic rings. The van der Waals surface area contributed by atoms with Gasteiger partial charge in [-0.15, -0.1) is 0 Å². The number of rotatable bonds is 3. The fourth-order valence-electron chi connectivity index (χ4n) is 1.48. The van der Waals surface area contributed by atoms with E-state index < -0.39 is 0 Å². The topological polar surface area (TPSA) is 75.4 Å². The molecule has 0 aromatic carbocycles. The van der Waals surface area contributed by atoms with E-state index in [0.29, 0.717) is 18.5 Å². The summed E-state index contributed by atoms with van der Waals surface area (Å²) in [6, 6.07) is 1.88. The van der Waals surface area contributed by atoms with E-state index in [0.717, 1.165) is 11.3 Å². The van der Waals surface area contributed by atoms with E-state index in [1.807, 2.05) is 0 Å². The molecule has 14 heavy (non-hydrogen) atoms. The van der Waals surface area contributed by atoms with Crippen LogP contribution in [0.2, 0.25) is 0 Å². The van der Waals surface area contributed by atoms with Gasteiger partial charge in [0, 0.05) is 6.04 Å². The van der Waals surface area contributed by atoms with Crippen LogP contribution in [0.1, 0.15) is 12.8 Å². The minimum Gasteiger partial charge on any atom is -0.393 e. The molecule has 6 heteroatoms. The van der Waals surface area contributed by atoms with Crippen molar-refractivity contribution in [3.63, 3.8) is 0 Å². The van der Waals surface area contributed by atoms with Crippen LogP contribution < -0.4 is 5.32 Å². The Bertz CT molecular complexity index is 346. The summed E-state index contributed by atoms with van der Waals surface area (Å²) >= 11 is 1.11. The minimum atomic E-state index is -0.387. The summed E-state index contributed by atoms with van der Waals surface area (Å²) in [5.41, 5.74) is 0.567. The first-order chi connectivity index (χ1) is 6.66. The van der Waals surface area contributed by atoms with E-state index in [1.54, 1.807) is 11.4 Å². The number of aliphatic hydroxyl groups is 1. The first kappa shape index (κ1) is 9.42. The average molecular weight is 214 g/mol. The van der Waals surface area contributed by atoms with Gasteiger partial charge in [-0.3, -0.25) is 10.1 Å². The molecule has 1 heterocycles. The number of hydrogen-bond acceptors (Lipinski definition) is 5. The average Bonchev–Trinajstić information content (AvgIpc) is 2.49. The predicted octanol–water partition coefficient (Wildman–Crippen LogP) is 1.59. The lowest BCUT2D eigenvalue weighted by Crippen LogP contribution is -2.38. The number of thiophene rings is 1.